The van der Waals surface area contributed by atoms with Gasteiger partial charge in [0.15, 0.2) is 23.0 Å². The van der Waals surface area contributed by atoms with E-state index < -0.39 is 55.9 Å². The monoisotopic (exact) mass is 482 g/mol. The Bertz CT molecular complexity index is 951. The quantitative estimate of drug-likeness (QED) is 0.243. The molecule has 0 aliphatic carbocycles. The van der Waals surface area contributed by atoms with Crippen LogP contribution < -0.4 is 14.2 Å². The molecule has 1 saturated heterocycles. The molecule has 1 aliphatic rings. The van der Waals surface area contributed by atoms with Crippen molar-refractivity contribution in [3.05, 3.63) is 47.5 Å². The van der Waals surface area contributed by atoms with Crippen LogP contribution in [0.2, 0.25) is 0 Å². The molecule has 11 nitrogen and oxygen atoms in total. The van der Waals surface area contributed by atoms with Crippen molar-refractivity contribution in [2.45, 2.75) is 42.7 Å². The Morgan fingerprint density at radius 2 is 1.50 bits per heavy atom. The van der Waals surface area contributed by atoms with Crippen LogP contribution in [0.4, 0.5) is 0 Å². The van der Waals surface area contributed by atoms with Gasteiger partial charge in [-0.15, -0.1) is 0 Å². The van der Waals surface area contributed by atoms with Crippen molar-refractivity contribution in [3.8, 4) is 23.0 Å². The second-order valence-electron chi connectivity index (χ2n) is 7.89. The summed E-state index contributed by atoms with van der Waals surface area (Å²) < 4.78 is 21.4. The fraction of sp³-hybridized carbons (Fsp3) is 0.478. The molecular formula is C23H30O11. The van der Waals surface area contributed by atoms with E-state index in [2.05, 4.69) is 0 Å². The number of ether oxygens (including phenoxy) is 4. The minimum absolute atomic E-state index is 0.0752. The Balaban J connectivity index is 1.84. The third kappa shape index (κ3) is 5.20. The van der Waals surface area contributed by atoms with E-state index >= 15 is 0 Å². The second kappa shape index (κ2) is 11.2. The summed E-state index contributed by atoms with van der Waals surface area (Å²) in [5, 5.41) is 70.1. The lowest BCUT2D eigenvalue weighted by atomic mass is 9.89. The van der Waals surface area contributed by atoms with Gasteiger partial charge < -0.3 is 54.7 Å². The van der Waals surface area contributed by atoms with E-state index in [1.165, 1.54) is 44.6 Å². The molecular weight excluding hydrogens is 452 g/mol. The van der Waals surface area contributed by atoms with Gasteiger partial charge in [-0.3, -0.25) is 0 Å². The van der Waals surface area contributed by atoms with Crippen molar-refractivity contribution in [3.63, 3.8) is 0 Å². The summed E-state index contributed by atoms with van der Waals surface area (Å²) in [7, 11) is 2.75. The fourth-order valence-electron chi connectivity index (χ4n) is 3.80. The molecule has 2 aromatic rings. The van der Waals surface area contributed by atoms with Gasteiger partial charge in [0.1, 0.15) is 24.4 Å². The number of aliphatic hydroxyl groups is 6. The van der Waals surface area contributed by atoms with Gasteiger partial charge in [0.2, 0.25) is 6.29 Å². The highest BCUT2D eigenvalue weighted by molar-refractivity contribution is 5.46. The summed E-state index contributed by atoms with van der Waals surface area (Å²) in [6, 6.07) is 8.94. The van der Waals surface area contributed by atoms with Gasteiger partial charge in [0.05, 0.1) is 33.5 Å². The summed E-state index contributed by atoms with van der Waals surface area (Å²) in [6.45, 7) is -1.00. The first kappa shape index (κ1) is 26.0. The molecule has 7 atom stereocenters. The van der Waals surface area contributed by atoms with Crippen molar-refractivity contribution in [1.29, 1.82) is 0 Å². The van der Waals surface area contributed by atoms with Crippen LogP contribution in [0.5, 0.6) is 23.0 Å². The minimum atomic E-state index is -1.60. The molecule has 0 bridgehead atoms. The van der Waals surface area contributed by atoms with Crippen molar-refractivity contribution in [2.24, 2.45) is 0 Å². The van der Waals surface area contributed by atoms with Crippen LogP contribution in [0, 0.1) is 0 Å². The number of hydrogen-bond donors (Lipinski definition) is 7. The molecule has 1 fully saturated rings. The summed E-state index contributed by atoms with van der Waals surface area (Å²) in [5.41, 5.74) is 0.911. The van der Waals surface area contributed by atoms with Crippen LogP contribution >= 0.6 is 0 Å². The molecule has 0 spiro atoms. The molecule has 188 valence electrons. The molecule has 34 heavy (non-hydrogen) atoms. The third-order valence-electron chi connectivity index (χ3n) is 5.83. The summed E-state index contributed by atoms with van der Waals surface area (Å²) >= 11 is 0. The van der Waals surface area contributed by atoms with Gasteiger partial charge in [-0.1, -0.05) is 12.1 Å². The first-order chi connectivity index (χ1) is 16.2. The number of aromatic hydroxyl groups is 1. The topological polar surface area (TPSA) is 179 Å². The van der Waals surface area contributed by atoms with E-state index in [-0.39, 0.29) is 23.0 Å². The fourth-order valence-corrected chi connectivity index (χ4v) is 3.80. The molecule has 0 unspecified atom stereocenters. The lowest BCUT2D eigenvalue weighted by molar-refractivity contribution is -0.277. The number of phenols is 1. The van der Waals surface area contributed by atoms with E-state index in [1.807, 2.05) is 0 Å². The maximum atomic E-state index is 11.0. The highest BCUT2D eigenvalue weighted by atomic mass is 16.7. The van der Waals surface area contributed by atoms with E-state index in [0.717, 1.165) is 0 Å². The van der Waals surface area contributed by atoms with Crippen molar-refractivity contribution in [2.75, 3.05) is 27.4 Å². The molecule has 7 N–H and O–H groups in total. The highest BCUT2D eigenvalue weighted by Gasteiger charge is 2.45. The number of aliphatic hydroxyl groups excluding tert-OH is 6. The average molecular weight is 482 g/mol. The summed E-state index contributed by atoms with van der Waals surface area (Å²) in [5.74, 6) is -0.364. The van der Waals surface area contributed by atoms with E-state index in [4.69, 9.17) is 18.9 Å². The Morgan fingerprint density at radius 1 is 0.853 bits per heavy atom. The number of rotatable bonds is 9. The molecule has 1 aliphatic heterocycles. The predicted octanol–water partition coefficient (Wildman–Crippen LogP) is -0.602. The van der Waals surface area contributed by atoms with Gasteiger partial charge in [-0.25, -0.2) is 0 Å². The molecule has 0 radical (unpaired) electrons. The van der Waals surface area contributed by atoms with E-state index in [1.54, 1.807) is 6.07 Å². The number of methoxy groups -OCH3 is 2. The molecule has 3 rings (SSSR count). The Labute approximate surface area is 196 Å². The average Bonchev–Trinajstić information content (AvgIpc) is 2.85. The first-order valence-electron chi connectivity index (χ1n) is 10.6. The van der Waals surface area contributed by atoms with Crippen LogP contribution in [-0.4, -0.2) is 93.9 Å². The maximum Gasteiger partial charge on any atom is 0.229 e. The smallest absolute Gasteiger partial charge is 0.229 e. The van der Waals surface area contributed by atoms with Crippen molar-refractivity contribution >= 4 is 0 Å². The standard InChI is InChI=1S/C23H30O11/c1-31-16-7-11(3-5-14(16)26)13(9-24)19(27)12-4-6-15(17(8-12)32-2)33-23-22(30)21(29)20(28)18(10-25)34-23/h3-8,13,18-30H,9-10H2,1-2H3/t13-,18+,19-,20+,21-,22+,23+/m0/s1. The predicted molar refractivity (Wildman–Crippen MR) is 117 cm³/mol. The SMILES string of the molecule is COc1cc([C@H](CO)[C@@H](O)c2ccc(O[C@@H]3O[C@H](CO)[C@@H](O)[C@H](O)[C@H]3O)c(OC)c2)ccc1O. The van der Waals surface area contributed by atoms with Crippen LogP contribution in [0.3, 0.4) is 0 Å². The zero-order valence-electron chi connectivity index (χ0n) is 18.7. The first-order valence-corrected chi connectivity index (χ1v) is 10.6. The zero-order valence-corrected chi connectivity index (χ0v) is 18.7. The Hall–Kier alpha value is -2.64. The molecule has 0 saturated carbocycles. The number of hydrogen-bond acceptors (Lipinski definition) is 11. The normalized spacial score (nSPS) is 26.5. The number of phenolic OH excluding ortho intramolecular Hbond substituents is 1. The van der Waals surface area contributed by atoms with Crippen LogP contribution in [0.25, 0.3) is 0 Å². The zero-order chi connectivity index (χ0) is 25.0. The molecule has 1 heterocycles. The molecule has 2 aromatic carbocycles. The molecule has 0 aromatic heterocycles. The van der Waals surface area contributed by atoms with E-state index in [0.29, 0.717) is 11.1 Å². The number of benzene rings is 2. The van der Waals surface area contributed by atoms with Gasteiger partial charge >= 0.3 is 0 Å². The second-order valence-corrected chi connectivity index (χ2v) is 7.89. The Morgan fingerprint density at radius 3 is 2.12 bits per heavy atom. The maximum absolute atomic E-state index is 11.0. The van der Waals surface area contributed by atoms with Gasteiger partial charge in [-0.2, -0.15) is 0 Å². The molecule has 11 heteroatoms. The van der Waals surface area contributed by atoms with Gasteiger partial charge in [-0.05, 0) is 35.4 Å². The third-order valence-corrected chi connectivity index (χ3v) is 5.83. The summed E-state index contributed by atoms with van der Waals surface area (Å²) in [6.07, 6.45) is -8.44. The lowest BCUT2D eigenvalue weighted by Gasteiger charge is -2.39. The van der Waals surface area contributed by atoms with E-state index in [9.17, 15) is 35.7 Å². The van der Waals surface area contributed by atoms with Crippen LogP contribution in [0.1, 0.15) is 23.1 Å². The highest BCUT2D eigenvalue weighted by Crippen LogP contribution is 2.39. The van der Waals surface area contributed by atoms with Crippen molar-refractivity contribution in [1.82, 2.24) is 0 Å². The lowest BCUT2D eigenvalue weighted by Crippen LogP contribution is -2.60. The molecule has 0 amide bonds. The van der Waals surface area contributed by atoms with Crippen LogP contribution in [0.15, 0.2) is 36.4 Å². The Kier molecular flexibility index (Phi) is 8.55. The summed E-state index contributed by atoms with van der Waals surface area (Å²) in [4.78, 5) is 0. The van der Waals surface area contributed by atoms with Gasteiger partial charge in [0, 0.05) is 5.92 Å². The van der Waals surface area contributed by atoms with Crippen LogP contribution in [-0.2, 0) is 4.74 Å². The van der Waals surface area contributed by atoms with Gasteiger partial charge in [0.25, 0.3) is 0 Å². The minimum Gasteiger partial charge on any atom is -0.504 e. The van der Waals surface area contributed by atoms with Crippen molar-refractivity contribution < 1.29 is 54.7 Å². The largest absolute Gasteiger partial charge is 0.504 e.